The van der Waals surface area contributed by atoms with Crippen molar-refractivity contribution in [2.24, 2.45) is 0 Å². The molecule has 0 aliphatic heterocycles. The van der Waals surface area contributed by atoms with E-state index in [9.17, 15) is 22.8 Å². The van der Waals surface area contributed by atoms with Crippen LogP contribution in [-0.4, -0.2) is 21.6 Å². The average Bonchev–Trinajstić information content (AvgIpc) is 3.18. The zero-order valence-electron chi connectivity index (χ0n) is 14.8. The van der Waals surface area contributed by atoms with Gasteiger partial charge in [-0.3, -0.25) is 4.79 Å². The Balaban J connectivity index is 2.03. The van der Waals surface area contributed by atoms with E-state index in [1.165, 1.54) is 40.3 Å². The number of alkyl halides is 3. The van der Waals surface area contributed by atoms with Crippen LogP contribution in [0.15, 0.2) is 41.8 Å². The normalized spacial score (nSPS) is 11.5. The lowest BCUT2D eigenvalue weighted by molar-refractivity contribution is -0.137. The van der Waals surface area contributed by atoms with Gasteiger partial charge in [0.1, 0.15) is 4.88 Å². The minimum absolute atomic E-state index is 0.0235. The Bertz CT molecular complexity index is 1070. The standard InChI is InChI=1S/C19H15F3N2O3S/c1-10-9-12(17(25)23-14-7-8-28-16(14)18(26)27)11(2)24(10)15-6-4-3-5-13(15)19(20,21)22/h3-9H,1-2H3,(H,23,25)(H,26,27). The first kappa shape index (κ1) is 19.7. The molecular weight excluding hydrogens is 393 g/mol. The number of thiophene rings is 1. The molecule has 0 unspecified atom stereocenters. The third kappa shape index (κ3) is 3.53. The molecule has 0 radical (unpaired) electrons. The number of carboxylic acid groups (broad SMARTS) is 1. The fourth-order valence-electron chi connectivity index (χ4n) is 3.03. The smallest absolute Gasteiger partial charge is 0.418 e. The Morgan fingerprint density at radius 1 is 1.14 bits per heavy atom. The van der Waals surface area contributed by atoms with Crippen LogP contribution >= 0.6 is 11.3 Å². The predicted octanol–water partition coefficient (Wildman–Crippen LogP) is 5.12. The number of hydrogen-bond donors (Lipinski definition) is 2. The van der Waals surface area contributed by atoms with Crippen LogP contribution in [0.2, 0.25) is 0 Å². The second kappa shape index (κ2) is 7.16. The van der Waals surface area contributed by atoms with Crippen LogP contribution in [0.5, 0.6) is 0 Å². The van der Waals surface area contributed by atoms with Crippen molar-refractivity contribution in [2.45, 2.75) is 20.0 Å². The lowest BCUT2D eigenvalue weighted by atomic mass is 10.1. The van der Waals surface area contributed by atoms with Crippen molar-refractivity contribution in [3.8, 4) is 5.69 Å². The van der Waals surface area contributed by atoms with Crippen LogP contribution in [0.1, 0.15) is 37.0 Å². The molecule has 0 spiro atoms. The number of aromatic carboxylic acids is 1. The molecule has 0 bridgehead atoms. The lowest BCUT2D eigenvalue weighted by Crippen LogP contribution is -2.15. The first-order valence-corrected chi connectivity index (χ1v) is 8.97. The first-order valence-electron chi connectivity index (χ1n) is 8.09. The van der Waals surface area contributed by atoms with E-state index in [1.54, 1.807) is 13.8 Å². The molecule has 0 aliphatic rings. The number of anilines is 1. The van der Waals surface area contributed by atoms with Gasteiger partial charge in [0.05, 0.1) is 22.5 Å². The summed E-state index contributed by atoms with van der Waals surface area (Å²) in [4.78, 5) is 23.8. The molecule has 28 heavy (non-hydrogen) atoms. The van der Waals surface area contributed by atoms with Gasteiger partial charge in [-0.15, -0.1) is 11.3 Å². The molecule has 2 aromatic heterocycles. The number of carboxylic acids is 1. The SMILES string of the molecule is Cc1cc(C(=O)Nc2ccsc2C(=O)O)c(C)n1-c1ccccc1C(F)(F)F. The van der Waals surface area contributed by atoms with Crippen LogP contribution in [0.4, 0.5) is 18.9 Å². The van der Waals surface area contributed by atoms with Gasteiger partial charge in [-0.05, 0) is 43.5 Å². The van der Waals surface area contributed by atoms with Gasteiger partial charge in [-0.1, -0.05) is 12.1 Å². The summed E-state index contributed by atoms with van der Waals surface area (Å²) in [6, 6.07) is 8.06. The van der Waals surface area contributed by atoms with Crippen LogP contribution in [0.3, 0.4) is 0 Å². The molecule has 0 atom stereocenters. The van der Waals surface area contributed by atoms with E-state index in [1.807, 2.05) is 0 Å². The zero-order valence-corrected chi connectivity index (χ0v) is 15.6. The van der Waals surface area contributed by atoms with E-state index in [2.05, 4.69) is 5.32 Å². The van der Waals surface area contributed by atoms with Gasteiger partial charge in [0.25, 0.3) is 5.91 Å². The summed E-state index contributed by atoms with van der Waals surface area (Å²) in [7, 11) is 0. The number of benzene rings is 1. The van der Waals surface area contributed by atoms with Gasteiger partial charge in [-0.25, -0.2) is 4.79 Å². The molecule has 0 saturated carbocycles. The topological polar surface area (TPSA) is 71.3 Å². The fourth-order valence-corrected chi connectivity index (χ4v) is 3.72. The summed E-state index contributed by atoms with van der Waals surface area (Å²) in [6.45, 7) is 3.14. The number of aryl methyl sites for hydroxylation is 1. The molecular formula is C19H15F3N2O3S. The maximum Gasteiger partial charge on any atom is 0.418 e. The van der Waals surface area contributed by atoms with Crippen molar-refractivity contribution in [3.05, 3.63) is 69.2 Å². The van der Waals surface area contributed by atoms with Gasteiger partial charge in [0.15, 0.2) is 0 Å². The summed E-state index contributed by atoms with van der Waals surface area (Å²) in [6.07, 6.45) is -4.55. The monoisotopic (exact) mass is 408 g/mol. The molecule has 0 aliphatic carbocycles. The third-order valence-corrected chi connectivity index (χ3v) is 5.14. The minimum Gasteiger partial charge on any atom is -0.477 e. The molecule has 9 heteroatoms. The van der Waals surface area contributed by atoms with Crippen LogP contribution in [-0.2, 0) is 6.18 Å². The number of hydrogen-bond acceptors (Lipinski definition) is 3. The van der Waals surface area contributed by atoms with Crippen molar-refractivity contribution < 1.29 is 27.9 Å². The van der Waals surface area contributed by atoms with Crippen LogP contribution in [0, 0.1) is 13.8 Å². The van der Waals surface area contributed by atoms with Gasteiger partial charge < -0.3 is 15.0 Å². The minimum atomic E-state index is -4.55. The molecule has 146 valence electrons. The number of halogens is 3. The zero-order chi connectivity index (χ0) is 20.6. The van der Waals surface area contributed by atoms with Gasteiger partial charge in [-0.2, -0.15) is 13.2 Å². The van der Waals surface area contributed by atoms with Crippen molar-refractivity contribution in [3.63, 3.8) is 0 Å². The molecule has 2 N–H and O–H groups in total. The van der Waals surface area contributed by atoms with E-state index in [4.69, 9.17) is 5.11 Å². The fraction of sp³-hybridized carbons (Fsp3) is 0.158. The molecule has 0 saturated heterocycles. The first-order chi connectivity index (χ1) is 13.1. The Morgan fingerprint density at radius 3 is 2.46 bits per heavy atom. The highest BCUT2D eigenvalue weighted by atomic mass is 32.1. The Morgan fingerprint density at radius 2 is 1.82 bits per heavy atom. The molecule has 5 nitrogen and oxygen atoms in total. The maximum absolute atomic E-state index is 13.4. The van der Waals surface area contributed by atoms with Crippen LogP contribution < -0.4 is 5.32 Å². The van der Waals surface area contributed by atoms with Gasteiger partial charge in [0, 0.05) is 11.4 Å². The van der Waals surface area contributed by atoms with E-state index in [-0.39, 0.29) is 21.8 Å². The van der Waals surface area contributed by atoms with Gasteiger partial charge >= 0.3 is 12.1 Å². The number of para-hydroxylation sites is 1. The second-order valence-electron chi connectivity index (χ2n) is 6.06. The molecule has 1 aromatic carbocycles. The van der Waals surface area contributed by atoms with E-state index < -0.39 is 23.6 Å². The maximum atomic E-state index is 13.4. The van der Waals surface area contributed by atoms with E-state index in [0.717, 1.165) is 17.4 Å². The number of amides is 1. The predicted molar refractivity (Wildman–Crippen MR) is 99.5 cm³/mol. The quantitative estimate of drug-likeness (QED) is 0.629. The highest BCUT2D eigenvalue weighted by molar-refractivity contribution is 7.12. The van der Waals surface area contributed by atoms with Crippen LogP contribution in [0.25, 0.3) is 5.69 Å². The number of nitrogens with zero attached hydrogens (tertiary/aromatic N) is 1. The highest BCUT2D eigenvalue weighted by Crippen LogP contribution is 2.35. The van der Waals surface area contributed by atoms with Crippen molar-refractivity contribution >= 4 is 28.9 Å². The summed E-state index contributed by atoms with van der Waals surface area (Å²) < 4.78 is 41.5. The largest absolute Gasteiger partial charge is 0.477 e. The summed E-state index contributed by atoms with van der Waals surface area (Å²) in [5.41, 5.74) is 0.183. The molecule has 3 rings (SSSR count). The summed E-state index contributed by atoms with van der Waals surface area (Å²) >= 11 is 0.964. The van der Waals surface area contributed by atoms with Crippen molar-refractivity contribution in [1.29, 1.82) is 0 Å². The summed E-state index contributed by atoms with van der Waals surface area (Å²) in [5.74, 6) is -1.76. The Labute approximate surface area is 162 Å². The molecule has 3 aromatic rings. The highest BCUT2D eigenvalue weighted by Gasteiger charge is 2.34. The summed E-state index contributed by atoms with van der Waals surface area (Å²) in [5, 5.41) is 13.2. The number of nitrogens with one attached hydrogen (secondary N) is 1. The second-order valence-corrected chi connectivity index (χ2v) is 6.97. The number of aromatic nitrogens is 1. The Kier molecular flexibility index (Phi) is 5.03. The third-order valence-electron chi connectivity index (χ3n) is 4.23. The Hall–Kier alpha value is -3.07. The molecule has 1 amide bonds. The van der Waals surface area contributed by atoms with Gasteiger partial charge in [0.2, 0.25) is 0 Å². The number of rotatable bonds is 4. The number of carbonyl (C=O) groups excluding carboxylic acids is 1. The molecule has 0 fully saturated rings. The average molecular weight is 408 g/mol. The van der Waals surface area contributed by atoms with Crippen molar-refractivity contribution in [2.75, 3.05) is 5.32 Å². The number of carbonyl (C=O) groups is 2. The molecule has 2 heterocycles. The van der Waals surface area contributed by atoms with E-state index >= 15 is 0 Å². The van der Waals surface area contributed by atoms with Crippen molar-refractivity contribution in [1.82, 2.24) is 4.57 Å². The lowest BCUT2D eigenvalue weighted by Gasteiger charge is -2.16. The van der Waals surface area contributed by atoms with E-state index in [0.29, 0.717) is 11.4 Å².